The summed E-state index contributed by atoms with van der Waals surface area (Å²) in [7, 11) is 1.33. The molecule has 1 aliphatic rings. The molecule has 1 aliphatic heterocycles. The van der Waals surface area contributed by atoms with Crippen molar-refractivity contribution in [1.82, 2.24) is 4.57 Å². The molecule has 8 nitrogen and oxygen atoms in total. The first kappa shape index (κ1) is 27.2. The number of thiazole rings is 1. The Morgan fingerprint density at radius 1 is 1.02 bits per heavy atom. The van der Waals surface area contributed by atoms with Gasteiger partial charge in [-0.1, -0.05) is 65.9 Å². The molecular formula is C33H26N2O6S. The summed E-state index contributed by atoms with van der Waals surface area (Å²) in [6, 6.07) is 23.5. The molecule has 6 rings (SSSR count). The second kappa shape index (κ2) is 11.1. The third-order valence-electron chi connectivity index (χ3n) is 7.10. The van der Waals surface area contributed by atoms with E-state index in [0.29, 0.717) is 43.3 Å². The average Bonchev–Trinajstić information content (AvgIpc) is 3.60. The number of carbonyl (C=O) groups excluding carboxylic acids is 2. The van der Waals surface area contributed by atoms with Gasteiger partial charge in [-0.25, -0.2) is 14.6 Å². The van der Waals surface area contributed by atoms with Gasteiger partial charge in [-0.05, 0) is 54.4 Å². The van der Waals surface area contributed by atoms with Crippen LogP contribution >= 0.6 is 11.3 Å². The summed E-state index contributed by atoms with van der Waals surface area (Å²) in [5, 5.41) is 1.93. The number of benzene rings is 3. The lowest BCUT2D eigenvalue weighted by Gasteiger charge is -2.25. The molecular weight excluding hydrogens is 552 g/mol. The molecule has 0 fully saturated rings. The van der Waals surface area contributed by atoms with Gasteiger partial charge < -0.3 is 13.9 Å². The number of aromatic nitrogens is 1. The number of hydrogen-bond donors (Lipinski definition) is 0. The number of furan rings is 1. The molecule has 0 bridgehead atoms. The Morgan fingerprint density at radius 2 is 1.81 bits per heavy atom. The highest BCUT2D eigenvalue weighted by atomic mass is 32.1. The van der Waals surface area contributed by atoms with E-state index in [-0.39, 0.29) is 12.2 Å². The van der Waals surface area contributed by atoms with Crippen molar-refractivity contribution < 1.29 is 23.5 Å². The van der Waals surface area contributed by atoms with Gasteiger partial charge in [-0.3, -0.25) is 9.36 Å². The molecule has 210 valence electrons. The molecule has 0 saturated heterocycles. The first-order chi connectivity index (χ1) is 20.4. The maximum absolute atomic E-state index is 14.0. The molecule has 3 heterocycles. The molecule has 5 aromatic rings. The van der Waals surface area contributed by atoms with E-state index in [1.807, 2.05) is 48.5 Å². The van der Waals surface area contributed by atoms with E-state index in [4.69, 9.17) is 13.9 Å². The molecule has 0 spiro atoms. The lowest BCUT2D eigenvalue weighted by Crippen LogP contribution is -2.40. The van der Waals surface area contributed by atoms with Crippen LogP contribution in [-0.2, 0) is 14.3 Å². The maximum atomic E-state index is 14.0. The van der Waals surface area contributed by atoms with Crippen molar-refractivity contribution in [2.45, 2.75) is 19.9 Å². The highest BCUT2D eigenvalue weighted by Gasteiger charge is 2.34. The van der Waals surface area contributed by atoms with Crippen molar-refractivity contribution in [2.75, 3.05) is 13.7 Å². The minimum Gasteiger partial charge on any atom is -0.465 e. The van der Waals surface area contributed by atoms with Crippen LogP contribution in [0.15, 0.2) is 104 Å². The Morgan fingerprint density at radius 3 is 2.62 bits per heavy atom. The molecule has 2 aromatic heterocycles. The number of ether oxygens (including phenoxy) is 2. The molecule has 3 aromatic carbocycles. The summed E-state index contributed by atoms with van der Waals surface area (Å²) in [5.41, 5.74) is 2.45. The lowest BCUT2D eigenvalue weighted by molar-refractivity contribution is -0.139. The van der Waals surface area contributed by atoms with Gasteiger partial charge in [0.2, 0.25) is 0 Å². The van der Waals surface area contributed by atoms with E-state index >= 15 is 0 Å². The Kier molecular flexibility index (Phi) is 7.18. The zero-order valence-corrected chi connectivity index (χ0v) is 23.9. The van der Waals surface area contributed by atoms with Crippen LogP contribution in [0.4, 0.5) is 0 Å². The zero-order chi connectivity index (χ0) is 29.4. The van der Waals surface area contributed by atoms with Crippen molar-refractivity contribution in [3.8, 4) is 11.3 Å². The first-order valence-corrected chi connectivity index (χ1v) is 14.2. The fourth-order valence-electron chi connectivity index (χ4n) is 5.21. The second-order valence-electron chi connectivity index (χ2n) is 9.65. The van der Waals surface area contributed by atoms with Crippen molar-refractivity contribution >= 4 is 40.1 Å². The molecule has 0 saturated carbocycles. The summed E-state index contributed by atoms with van der Waals surface area (Å²) >= 11 is 1.23. The average molecular weight is 579 g/mol. The number of hydrogen-bond acceptors (Lipinski definition) is 8. The topological polar surface area (TPSA) is 100 Å². The van der Waals surface area contributed by atoms with Crippen molar-refractivity contribution in [3.05, 3.63) is 127 Å². The lowest BCUT2D eigenvalue weighted by atomic mass is 9.91. The summed E-state index contributed by atoms with van der Waals surface area (Å²) in [6.07, 6.45) is 1.67. The van der Waals surface area contributed by atoms with Crippen molar-refractivity contribution in [1.29, 1.82) is 0 Å². The number of rotatable bonds is 6. The van der Waals surface area contributed by atoms with E-state index in [9.17, 15) is 14.4 Å². The van der Waals surface area contributed by atoms with Gasteiger partial charge in [0, 0.05) is 11.6 Å². The highest BCUT2D eigenvalue weighted by molar-refractivity contribution is 7.07. The van der Waals surface area contributed by atoms with Gasteiger partial charge in [0.1, 0.15) is 11.5 Å². The van der Waals surface area contributed by atoms with Crippen LogP contribution in [0, 0.1) is 0 Å². The van der Waals surface area contributed by atoms with Crippen LogP contribution in [0.3, 0.4) is 0 Å². The molecule has 0 radical (unpaired) electrons. The van der Waals surface area contributed by atoms with Crippen LogP contribution in [0.2, 0.25) is 0 Å². The number of esters is 2. The van der Waals surface area contributed by atoms with Gasteiger partial charge in [-0.2, -0.15) is 0 Å². The molecule has 1 atom stereocenters. The van der Waals surface area contributed by atoms with Crippen LogP contribution in [0.1, 0.15) is 41.6 Å². The van der Waals surface area contributed by atoms with Crippen LogP contribution in [0.25, 0.3) is 28.2 Å². The molecule has 42 heavy (non-hydrogen) atoms. The number of methoxy groups -OCH3 is 1. The van der Waals surface area contributed by atoms with Crippen LogP contribution < -0.4 is 14.9 Å². The van der Waals surface area contributed by atoms with Crippen LogP contribution in [0.5, 0.6) is 0 Å². The second-order valence-corrected chi connectivity index (χ2v) is 10.7. The van der Waals surface area contributed by atoms with Gasteiger partial charge in [0.15, 0.2) is 4.80 Å². The molecule has 0 unspecified atom stereocenters. The highest BCUT2D eigenvalue weighted by Crippen LogP contribution is 2.35. The fraction of sp³-hybridized carbons (Fsp3) is 0.152. The Labute approximate surface area is 244 Å². The van der Waals surface area contributed by atoms with Gasteiger partial charge >= 0.3 is 11.9 Å². The van der Waals surface area contributed by atoms with Gasteiger partial charge in [0.05, 0.1) is 41.1 Å². The summed E-state index contributed by atoms with van der Waals surface area (Å²) in [5.74, 6) is 0.0504. The summed E-state index contributed by atoms with van der Waals surface area (Å²) in [4.78, 5) is 44.4. The first-order valence-electron chi connectivity index (χ1n) is 13.4. The largest absolute Gasteiger partial charge is 0.465 e. The third-order valence-corrected chi connectivity index (χ3v) is 8.09. The summed E-state index contributed by atoms with van der Waals surface area (Å²) < 4.78 is 18.3. The number of fused-ring (bicyclic) bond motifs is 2. The van der Waals surface area contributed by atoms with E-state index in [0.717, 1.165) is 16.3 Å². The van der Waals surface area contributed by atoms with E-state index in [1.54, 1.807) is 54.8 Å². The van der Waals surface area contributed by atoms with E-state index in [2.05, 4.69) is 4.99 Å². The minimum atomic E-state index is -0.721. The maximum Gasteiger partial charge on any atom is 0.338 e. The molecule has 9 heteroatoms. The minimum absolute atomic E-state index is 0.200. The van der Waals surface area contributed by atoms with Gasteiger partial charge in [-0.15, -0.1) is 0 Å². The Bertz CT molecular complexity index is 2080. The number of nitrogens with zero attached hydrogens (tertiary/aromatic N) is 2. The normalized spacial score (nSPS) is 14.9. The smallest absolute Gasteiger partial charge is 0.338 e. The Hall–Kier alpha value is -5.02. The van der Waals surface area contributed by atoms with Crippen molar-refractivity contribution in [3.63, 3.8) is 0 Å². The standard InChI is InChI=1S/C33H26N2O6S/c1-4-40-32(38)28-19(2)34-33-35(29(28)25-14-8-10-20-9-5-6-13-24(20)25)30(36)27(42-33)18-23-15-16-26(41-23)21-11-7-12-22(17-21)31(37)39-3/h5-18,29H,4H2,1-3H3/b27-18-/t29-/m1/s1. The van der Waals surface area contributed by atoms with E-state index < -0.39 is 18.0 Å². The molecule has 0 N–H and O–H groups in total. The zero-order valence-electron chi connectivity index (χ0n) is 23.1. The summed E-state index contributed by atoms with van der Waals surface area (Å²) in [6.45, 7) is 3.72. The van der Waals surface area contributed by atoms with Crippen molar-refractivity contribution in [2.24, 2.45) is 4.99 Å². The monoisotopic (exact) mass is 578 g/mol. The third kappa shape index (κ3) is 4.77. The number of carbonyl (C=O) groups is 2. The predicted octanol–water partition coefficient (Wildman–Crippen LogP) is 5.00. The quantitative estimate of drug-likeness (QED) is 0.263. The predicted molar refractivity (Wildman–Crippen MR) is 160 cm³/mol. The van der Waals surface area contributed by atoms with E-state index in [1.165, 1.54) is 18.4 Å². The SMILES string of the molecule is CCOC(=O)C1=C(C)N=c2s/c(=C\c3ccc(-c4cccc(C(=O)OC)c4)o3)c(=O)n2[C@@H]1c1cccc2ccccc12. The number of allylic oxidation sites excluding steroid dienone is 1. The fourth-order valence-corrected chi connectivity index (χ4v) is 6.23. The molecule has 0 aliphatic carbocycles. The van der Waals surface area contributed by atoms with Gasteiger partial charge in [0.25, 0.3) is 5.56 Å². The Balaban J connectivity index is 1.49. The van der Waals surface area contributed by atoms with Crippen LogP contribution in [-0.4, -0.2) is 30.2 Å². The molecule has 0 amide bonds.